The van der Waals surface area contributed by atoms with Crippen LogP contribution in [0.5, 0.6) is 5.75 Å². The molecule has 0 saturated heterocycles. The zero-order valence-corrected chi connectivity index (χ0v) is 13.1. The van der Waals surface area contributed by atoms with Crippen molar-refractivity contribution >= 4 is 5.69 Å². The van der Waals surface area contributed by atoms with Gasteiger partial charge in [0.25, 0.3) is 0 Å². The number of benzene rings is 1. The van der Waals surface area contributed by atoms with Crippen LogP contribution in [0.15, 0.2) is 18.2 Å². The van der Waals surface area contributed by atoms with Gasteiger partial charge in [-0.1, -0.05) is 25.8 Å². The zero-order valence-electron chi connectivity index (χ0n) is 13.1. The van der Waals surface area contributed by atoms with Gasteiger partial charge in [-0.15, -0.1) is 0 Å². The van der Waals surface area contributed by atoms with E-state index in [9.17, 15) is 5.11 Å². The Balaban J connectivity index is 2.35. The number of rotatable bonds is 4. The highest BCUT2D eigenvalue weighted by Crippen LogP contribution is 2.38. The first kappa shape index (κ1) is 15.2. The highest BCUT2D eigenvalue weighted by atomic mass is 16.5. The molecule has 1 saturated carbocycles. The van der Waals surface area contributed by atoms with E-state index in [0.717, 1.165) is 17.0 Å². The van der Waals surface area contributed by atoms with Crippen LogP contribution in [0.4, 0.5) is 5.69 Å². The first-order chi connectivity index (χ1) is 9.56. The Morgan fingerprint density at radius 2 is 2.00 bits per heavy atom. The van der Waals surface area contributed by atoms with Crippen LogP contribution in [0.25, 0.3) is 0 Å². The van der Waals surface area contributed by atoms with Crippen LogP contribution in [-0.4, -0.2) is 25.3 Å². The molecule has 3 nitrogen and oxygen atoms in total. The van der Waals surface area contributed by atoms with Gasteiger partial charge in [-0.3, -0.25) is 0 Å². The Labute approximate surface area is 122 Å². The van der Waals surface area contributed by atoms with E-state index in [0.29, 0.717) is 12.0 Å². The first-order valence-electron chi connectivity index (χ1n) is 7.64. The third kappa shape index (κ3) is 2.93. The van der Waals surface area contributed by atoms with Gasteiger partial charge in [-0.25, -0.2) is 0 Å². The average Bonchev–Trinajstić information content (AvgIpc) is 2.46. The number of hydrogen-bond donors (Lipinski definition) is 1. The summed E-state index contributed by atoms with van der Waals surface area (Å²) < 4.78 is 5.42. The van der Waals surface area contributed by atoms with Crippen molar-refractivity contribution in [2.75, 3.05) is 19.1 Å². The maximum Gasteiger partial charge on any atom is 0.126 e. The Morgan fingerprint density at radius 3 is 2.60 bits per heavy atom. The summed E-state index contributed by atoms with van der Waals surface area (Å²) in [5.41, 5.74) is 1.99. The van der Waals surface area contributed by atoms with E-state index < -0.39 is 6.10 Å². The molecule has 3 heteroatoms. The minimum Gasteiger partial charge on any atom is -0.496 e. The first-order valence-corrected chi connectivity index (χ1v) is 7.64. The Morgan fingerprint density at radius 1 is 1.30 bits per heavy atom. The molecular formula is C17H27NO2. The van der Waals surface area contributed by atoms with E-state index >= 15 is 0 Å². The normalized spacial score (nSPS) is 24.2. The molecule has 112 valence electrons. The van der Waals surface area contributed by atoms with Crippen molar-refractivity contribution in [3.8, 4) is 5.75 Å². The maximum absolute atomic E-state index is 10.1. The number of aliphatic hydroxyl groups is 1. The molecule has 0 spiro atoms. The topological polar surface area (TPSA) is 32.7 Å². The molecule has 1 aromatic rings. The molecule has 0 amide bonds. The van der Waals surface area contributed by atoms with Crippen molar-refractivity contribution in [1.29, 1.82) is 0 Å². The third-order valence-corrected chi connectivity index (χ3v) is 4.62. The highest BCUT2D eigenvalue weighted by molar-refractivity contribution is 5.60. The van der Waals surface area contributed by atoms with Crippen molar-refractivity contribution in [3.05, 3.63) is 23.8 Å². The zero-order chi connectivity index (χ0) is 14.7. The van der Waals surface area contributed by atoms with Gasteiger partial charge in [0.2, 0.25) is 0 Å². The fraction of sp³-hybridized carbons (Fsp3) is 0.647. The van der Waals surface area contributed by atoms with Crippen molar-refractivity contribution < 1.29 is 9.84 Å². The van der Waals surface area contributed by atoms with Crippen LogP contribution in [0.1, 0.15) is 51.2 Å². The number of anilines is 1. The molecule has 1 N–H and O–H groups in total. The molecule has 0 bridgehead atoms. The van der Waals surface area contributed by atoms with E-state index in [4.69, 9.17) is 4.74 Å². The number of aliphatic hydroxyl groups excluding tert-OH is 1. The molecule has 1 fully saturated rings. The lowest BCUT2D eigenvalue weighted by Gasteiger charge is -2.39. The molecule has 1 aromatic carbocycles. The quantitative estimate of drug-likeness (QED) is 0.909. The van der Waals surface area contributed by atoms with Crippen molar-refractivity contribution in [1.82, 2.24) is 0 Å². The molecule has 1 aliphatic rings. The van der Waals surface area contributed by atoms with Gasteiger partial charge in [0.1, 0.15) is 5.75 Å². The standard InChI is InChI=1S/C17H27NO2/c1-12-8-5-6-9-14(12)18(3)15-10-7-11-16(20-4)17(15)13(2)19/h7,10-14,19H,5-6,8-9H2,1-4H3/t12?,13-,14?/m1/s1. The van der Waals surface area contributed by atoms with Gasteiger partial charge in [-0.05, 0) is 37.8 Å². The van der Waals surface area contributed by atoms with Gasteiger partial charge in [-0.2, -0.15) is 0 Å². The summed E-state index contributed by atoms with van der Waals surface area (Å²) in [6, 6.07) is 6.56. The second-order valence-corrected chi connectivity index (χ2v) is 6.01. The molecular weight excluding hydrogens is 250 g/mol. The fourth-order valence-electron chi connectivity index (χ4n) is 3.49. The largest absolute Gasteiger partial charge is 0.496 e. The molecule has 1 aliphatic carbocycles. The molecule has 0 aromatic heterocycles. The molecule has 2 unspecified atom stereocenters. The van der Waals surface area contributed by atoms with Crippen LogP contribution in [0, 0.1) is 5.92 Å². The fourth-order valence-corrected chi connectivity index (χ4v) is 3.49. The Kier molecular flexibility index (Phi) is 4.92. The summed E-state index contributed by atoms with van der Waals surface area (Å²) in [6.45, 7) is 4.14. The minimum absolute atomic E-state index is 0.525. The second-order valence-electron chi connectivity index (χ2n) is 6.01. The third-order valence-electron chi connectivity index (χ3n) is 4.62. The molecule has 0 heterocycles. The summed E-state index contributed by atoms with van der Waals surface area (Å²) in [4.78, 5) is 2.34. The Bertz CT molecular complexity index is 445. The molecule has 20 heavy (non-hydrogen) atoms. The van der Waals surface area contributed by atoms with Crippen LogP contribution >= 0.6 is 0 Å². The summed E-state index contributed by atoms with van der Waals surface area (Å²) >= 11 is 0. The number of ether oxygens (including phenoxy) is 1. The molecule has 3 atom stereocenters. The van der Waals surface area contributed by atoms with E-state index in [1.165, 1.54) is 25.7 Å². The number of methoxy groups -OCH3 is 1. The van der Waals surface area contributed by atoms with Crippen LogP contribution in [0.2, 0.25) is 0 Å². The van der Waals surface area contributed by atoms with Gasteiger partial charge < -0.3 is 14.7 Å². The van der Waals surface area contributed by atoms with Crippen LogP contribution in [0.3, 0.4) is 0 Å². The number of nitrogens with zero attached hydrogens (tertiary/aromatic N) is 1. The molecule has 2 rings (SSSR count). The van der Waals surface area contributed by atoms with E-state index in [-0.39, 0.29) is 0 Å². The van der Waals surface area contributed by atoms with Crippen LogP contribution in [-0.2, 0) is 0 Å². The van der Waals surface area contributed by atoms with Gasteiger partial charge in [0.05, 0.1) is 13.2 Å². The van der Waals surface area contributed by atoms with Crippen molar-refractivity contribution in [3.63, 3.8) is 0 Å². The lowest BCUT2D eigenvalue weighted by molar-refractivity contribution is 0.194. The lowest BCUT2D eigenvalue weighted by Crippen LogP contribution is -2.39. The SMILES string of the molecule is COc1cccc(N(C)C2CCCCC2C)c1[C@@H](C)O. The van der Waals surface area contributed by atoms with Gasteiger partial charge in [0.15, 0.2) is 0 Å². The van der Waals surface area contributed by atoms with E-state index in [1.807, 2.05) is 12.1 Å². The lowest BCUT2D eigenvalue weighted by atomic mass is 9.84. The summed E-state index contributed by atoms with van der Waals surface area (Å²) in [5.74, 6) is 1.47. The van der Waals surface area contributed by atoms with E-state index in [2.05, 4.69) is 24.9 Å². The second kappa shape index (κ2) is 6.49. The van der Waals surface area contributed by atoms with Gasteiger partial charge in [0, 0.05) is 24.3 Å². The molecule has 0 radical (unpaired) electrons. The predicted molar refractivity (Wildman–Crippen MR) is 83.5 cm³/mol. The molecule has 0 aliphatic heterocycles. The van der Waals surface area contributed by atoms with E-state index in [1.54, 1.807) is 14.0 Å². The average molecular weight is 277 g/mol. The summed E-state index contributed by atoms with van der Waals surface area (Å²) in [5, 5.41) is 10.1. The minimum atomic E-state index is -0.525. The van der Waals surface area contributed by atoms with Gasteiger partial charge >= 0.3 is 0 Å². The van der Waals surface area contributed by atoms with Crippen molar-refractivity contribution in [2.24, 2.45) is 5.92 Å². The van der Waals surface area contributed by atoms with Crippen molar-refractivity contribution in [2.45, 2.75) is 51.7 Å². The Hall–Kier alpha value is -1.22. The smallest absolute Gasteiger partial charge is 0.126 e. The summed E-state index contributed by atoms with van der Waals surface area (Å²) in [6.07, 6.45) is 4.64. The monoisotopic (exact) mass is 277 g/mol. The highest BCUT2D eigenvalue weighted by Gasteiger charge is 2.27. The summed E-state index contributed by atoms with van der Waals surface area (Å²) in [7, 11) is 3.81. The number of hydrogen-bond acceptors (Lipinski definition) is 3. The maximum atomic E-state index is 10.1. The predicted octanol–water partition coefficient (Wildman–Crippen LogP) is 3.76. The van der Waals surface area contributed by atoms with Crippen LogP contribution < -0.4 is 9.64 Å².